The smallest absolute Gasteiger partial charge is 0.253 e. The van der Waals surface area contributed by atoms with Crippen molar-refractivity contribution in [2.24, 2.45) is 10.9 Å². The van der Waals surface area contributed by atoms with Crippen LogP contribution in [-0.2, 0) is 4.84 Å². The van der Waals surface area contributed by atoms with Crippen molar-refractivity contribution in [2.45, 2.75) is 25.4 Å². The van der Waals surface area contributed by atoms with E-state index in [1.165, 1.54) is 5.56 Å². The summed E-state index contributed by atoms with van der Waals surface area (Å²) in [6, 6.07) is 21.3. The average molecular weight is 491 g/mol. The number of aromatic nitrogens is 1. The van der Waals surface area contributed by atoms with Crippen LogP contribution in [-0.4, -0.2) is 47.6 Å². The van der Waals surface area contributed by atoms with E-state index in [0.29, 0.717) is 42.1 Å². The number of carbonyl (C=O) groups is 1. The molecule has 3 atom stereocenters. The van der Waals surface area contributed by atoms with Gasteiger partial charge in [0.25, 0.3) is 5.91 Å². The maximum Gasteiger partial charge on any atom is 0.253 e. The molecule has 0 aliphatic carbocycles. The van der Waals surface area contributed by atoms with Crippen LogP contribution < -0.4 is 10.2 Å². The van der Waals surface area contributed by atoms with Crippen molar-refractivity contribution >= 4 is 23.4 Å². The molecule has 35 heavy (non-hydrogen) atoms. The summed E-state index contributed by atoms with van der Waals surface area (Å²) >= 11 is 5.94. The van der Waals surface area contributed by atoms with Crippen LogP contribution in [0.4, 0.5) is 0 Å². The predicted octanol–water partition coefficient (Wildman–Crippen LogP) is 4.69. The van der Waals surface area contributed by atoms with Gasteiger partial charge in [-0.25, -0.2) is 9.98 Å². The molecule has 2 aromatic carbocycles. The normalized spacial score (nSPS) is 21.8. The van der Waals surface area contributed by atoms with Crippen LogP contribution >= 0.6 is 11.6 Å². The fourth-order valence-corrected chi connectivity index (χ4v) is 4.66. The van der Waals surface area contributed by atoms with E-state index in [4.69, 9.17) is 21.2 Å². The van der Waals surface area contributed by atoms with E-state index in [2.05, 4.69) is 27.6 Å². The number of nitrogens with zero attached hydrogens (tertiary/aromatic N) is 3. The number of amides is 1. The van der Waals surface area contributed by atoms with Gasteiger partial charge in [0, 0.05) is 48.3 Å². The van der Waals surface area contributed by atoms with Crippen molar-refractivity contribution < 1.29 is 14.4 Å². The molecule has 0 spiro atoms. The number of carbonyl (C=O) groups excluding carboxylic acids is 1. The minimum Gasteiger partial charge on any atom is -0.477 e. The van der Waals surface area contributed by atoms with Gasteiger partial charge in [-0.15, -0.1) is 5.48 Å². The first kappa shape index (κ1) is 23.3. The van der Waals surface area contributed by atoms with Crippen molar-refractivity contribution in [3.63, 3.8) is 0 Å². The molecule has 1 unspecified atom stereocenters. The fraction of sp³-hybridized carbons (Fsp3) is 0.296. The van der Waals surface area contributed by atoms with Crippen LogP contribution in [0.25, 0.3) is 0 Å². The highest BCUT2D eigenvalue weighted by atomic mass is 35.5. The predicted molar refractivity (Wildman–Crippen MR) is 135 cm³/mol. The minimum atomic E-state index is -0.0815. The van der Waals surface area contributed by atoms with E-state index in [0.717, 1.165) is 12.0 Å². The number of hydrogen-bond donors (Lipinski definition) is 1. The van der Waals surface area contributed by atoms with E-state index in [1.54, 1.807) is 18.3 Å². The lowest BCUT2D eigenvalue weighted by molar-refractivity contribution is 0.0615. The number of hydrogen-bond acceptors (Lipinski definition) is 6. The zero-order valence-corrected chi connectivity index (χ0v) is 20.2. The van der Waals surface area contributed by atoms with E-state index in [1.807, 2.05) is 54.3 Å². The molecule has 1 amide bonds. The number of aliphatic imine (C=N–C) groups is 1. The Morgan fingerprint density at radius 1 is 1.14 bits per heavy atom. The van der Waals surface area contributed by atoms with E-state index < -0.39 is 0 Å². The molecule has 1 fully saturated rings. The summed E-state index contributed by atoms with van der Waals surface area (Å²) in [5.41, 5.74) is 5.50. The van der Waals surface area contributed by atoms with E-state index in [-0.39, 0.29) is 23.9 Å². The van der Waals surface area contributed by atoms with Crippen molar-refractivity contribution in [1.82, 2.24) is 15.4 Å². The van der Waals surface area contributed by atoms with Gasteiger partial charge >= 0.3 is 0 Å². The lowest BCUT2D eigenvalue weighted by Crippen LogP contribution is -2.44. The quantitative estimate of drug-likeness (QED) is 0.542. The summed E-state index contributed by atoms with van der Waals surface area (Å²) < 4.78 is 6.00. The Balaban J connectivity index is 1.29. The van der Waals surface area contributed by atoms with Gasteiger partial charge in [0.2, 0.25) is 11.8 Å². The van der Waals surface area contributed by atoms with Crippen LogP contribution in [0.15, 0.2) is 77.9 Å². The lowest BCUT2D eigenvalue weighted by atomic mass is 9.81. The molecule has 1 aromatic heterocycles. The molecule has 3 aromatic rings. The molecule has 5 rings (SSSR count). The van der Waals surface area contributed by atoms with Gasteiger partial charge in [0.05, 0.1) is 11.6 Å². The molecular formula is C27H27ClN4O3. The number of benzene rings is 2. The Bertz CT molecular complexity index is 1190. The molecule has 2 aliphatic heterocycles. The maximum atomic E-state index is 13.4. The Hall–Kier alpha value is -3.42. The standard InChI is InChI=1S/C27H27ClN4O3/c1-18-30-26(35-31-18)20-7-9-21(10-8-20)27(33)32-14-13-22(17-34-25-12-11-23(28)15-29-25)24(16-32)19-5-3-2-4-6-19/h2-12,15,18,22,24,31H,13-14,16-17H2,1H3/t18?,22-,24-/m1/s1. The molecular weight excluding hydrogens is 464 g/mol. The van der Waals surface area contributed by atoms with Gasteiger partial charge in [-0.2, -0.15) is 0 Å². The van der Waals surface area contributed by atoms with Gasteiger partial charge in [0.15, 0.2) is 0 Å². The maximum absolute atomic E-state index is 13.4. The molecule has 7 nitrogen and oxygen atoms in total. The van der Waals surface area contributed by atoms with Crippen molar-refractivity contribution in [2.75, 3.05) is 19.7 Å². The highest BCUT2D eigenvalue weighted by Crippen LogP contribution is 2.33. The summed E-state index contributed by atoms with van der Waals surface area (Å²) in [7, 11) is 0. The summed E-state index contributed by atoms with van der Waals surface area (Å²) in [6.07, 6.45) is 2.34. The highest BCUT2D eigenvalue weighted by Gasteiger charge is 2.33. The topological polar surface area (TPSA) is 76.1 Å². The Labute approximate surface area is 209 Å². The largest absolute Gasteiger partial charge is 0.477 e. The number of pyridine rings is 1. The Morgan fingerprint density at radius 3 is 2.63 bits per heavy atom. The third-order valence-electron chi connectivity index (χ3n) is 6.43. The zero-order chi connectivity index (χ0) is 24.2. The zero-order valence-electron chi connectivity index (χ0n) is 19.4. The molecule has 0 bridgehead atoms. The van der Waals surface area contributed by atoms with Crippen molar-refractivity contribution in [1.29, 1.82) is 0 Å². The molecule has 1 N–H and O–H groups in total. The van der Waals surface area contributed by atoms with Crippen LogP contribution in [0.3, 0.4) is 0 Å². The number of rotatable bonds is 6. The molecule has 3 heterocycles. The third kappa shape index (κ3) is 5.47. The van der Waals surface area contributed by atoms with Crippen LogP contribution in [0.5, 0.6) is 5.88 Å². The van der Waals surface area contributed by atoms with Gasteiger partial charge in [-0.05, 0) is 49.2 Å². The number of ether oxygens (including phenoxy) is 1. The summed E-state index contributed by atoms with van der Waals surface area (Å²) in [4.78, 5) is 29.3. The number of hydroxylamine groups is 1. The fourth-order valence-electron chi connectivity index (χ4n) is 4.54. The number of halogens is 1. The summed E-state index contributed by atoms with van der Waals surface area (Å²) in [5, 5.41) is 0.578. The first-order valence-corrected chi connectivity index (χ1v) is 12.1. The van der Waals surface area contributed by atoms with Crippen LogP contribution in [0.1, 0.15) is 40.7 Å². The van der Waals surface area contributed by atoms with Gasteiger partial charge in [-0.1, -0.05) is 41.9 Å². The Kier molecular flexibility index (Phi) is 6.97. The van der Waals surface area contributed by atoms with Gasteiger partial charge < -0.3 is 14.5 Å². The molecule has 0 radical (unpaired) electrons. The summed E-state index contributed by atoms with van der Waals surface area (Å²) in [5.74, 6) is 1.54. The molecule has 180 valence electrons. The van der Waals surface area contributed by atoms with Gasteiger partial charge in [0.1, 0.15) is 6.17 Å². The average Bonchev–Trinajstić information content (AvgIpc) is 3.35. The highest BCUT2D eigenvalue weighted by molar-refractivity contribution is 6.30. The van der Waals surface area contributed by atoms with Gasteiger partial charge in [-0.3, -0.25) is 4.79 Å². The molecule has 0 saturated carbocycles. The number of piperidine rings is 1. The van der Waals surface area contributed by atoms with Crippen LogP contribution in [0.2, 0.25) is 5.02 Å². The Morgan fingerprint density at radius 2 is 1.94 bits per heavy atom. The van der Waals surface area contributed by atoms with E-state index >= 15 is 0 Å². The first-order valence-electron chi connectivity index (χ1n) is 11.8. The third-order valence-corrected chi connectivity index (χ3v) is 6.66. The van der Waals surface area contributed by atoms with Crippen LogP contribution in [0, 0.1) is 5.92 Å². The van der Waals surface area contributed by atoms with Crippen molar-refractivity contribution in [3.8, 4) is 5.88 Å². The molecule has 1 saturated heterocycles. The first-order chi connectivity index (χ1) is 17.1. The minimum absolute atomic E-state index is 0.0250. The second-order valence-electron chi connectivity index (χ2n) is 8.85. The molecule has 2 aliphatic rings. The van der Waals surface area contributed by atoms with Crippen molar-refractivity contribution in [3.05, 3.63) is 94.6 Å². The SMILES string of the molecule is CC1N=C(c2ccc(C(=O)N3CC[C@H](COc4ccc(Cl)cn4)[C@@H](c4ccccc4)C3)cc2)ON1. The number of likely N-dealkylation sites (tertiary alicyclic amines) is 1. The second kappa shape index (κ2) is 10.5. The second-order valence-corrected chi connectivity index (χ2v) is 9.29. The lowest BCUT2D eigenvalue weighted by Gasteiger charge is -2.38. The monoisotopic (exact) mass is 490 g/mol. The number of nitrogens with one attached hydrogen (secondary N) is 1. The van der Waals surface area contributed by atoms with E-state index in [9.17, 15) is 4.79 Å². The molecule has 8 heteroatoms. The summed E-state index contributed by atoms with van der Waals surface area (Å²) in [6.45, 7) is 3.74.